The van der Waals surface area contributed by atoms with Crippen LogP contribution in [0, 0.1) is 13.8 Å². The van der Waals surface area contributed by atoms with Crippen LogP contribution in [0.1, 0.15) is 21.9 Å². The topological polar surface area (TPSA) is 58.1 Å². The zero-order valence-corrected chi connectivity index (χ0v) is 17.4. The summed E-state index contributed by atoms with van der Waals surface area (Å²) in [4.78, 5) is 14.3. The molecule has 27 heavy (non-hydrogen) atoms. The van der Waals surface area contributed by atoms with Gasteiger partial charge >= 0.3 is 0 Å². The molecule has 7 heteroatoms. The summed E-state index contributed by atoms with van der Waals surface area (Å²) < 4.78 is 0.755. The third-order valence-electron chi connectivity index (χ3n) is 4.15. The standard InChI is InChI=1S/C20H22N4OS2/c1-13-10-11-16(12-14(13)2)21-19-22-23-20(27-19)26-17(18(25)24(3)4)15-8-6-5-7-9-15/h5-12,17H,1-4H3,(H,21,22)/t17-/m1/s1. The van der Waals surface area contributed by atoms with Gasteiger partial charge in [-0.15, -0.1) is 10.2 Å². The van der Waals surface area contributed by atoms with Crippen LogP contribution in [0.15, 0.2) is 52.9 Å². The van der Waals surface area contributed by atoms with Crippen molar-refractivity contribution in [2.24, 2.45) is 0 Å². The Morgan fingerprint density at radius 2 is 1.81 bits per heavy atom. The first-order chi connectivity index (χ1) is 12.9. The highest BCUT2D eigenvalue weighted by atomic mass is 32.2. The smallest absolute Gasteiger partial charge is 0.240 e. The van der Waals surface area contributed by atoms with Crippen LogP contribution in [0.4, 0.5) is 10.8 Å². The SMILES string of the molecule is Cc1ccc(Nc2nnc(S[C@@H](C(=O)N(C)C)c3ccccc3)s2)cc1C. The number of likely N-dealkylation sites (N-methyl/N-ethyl adjacent to an activating group) is 1. The second-order valence-electron chi connectivity index (χ2n) is 6.44. The molecule has 3 rings (SSSR count). The number of hydrogen-bond donors (Lipinski definition) is 1. The predicted molar refractivity (Wildman–Crippen MR) is 113 cm³/mol. The molecular weight excluding hydrogens is 376 g/mol. The lowest BCUT2D eigenvalue weighted by molar-refractivity contribution is -0.128. The molecule has 0 fully saturated rings. The normalized spacial score (nSPS) is 11.9. The fourth-order valence-corrected chi connectivity index (χ4v) is 4.58. The van der Waals surface area contributed by atoms with Crippen molar-refractivity contribution in [3.63, 3.8) is 0 Å². The van der Waals surface area contributed by atoms with Gasteiger partial charge in [-0.25, -0.2) is 0 Å². The number of aryl methyl sites for hydroxylation is 2. The highest BCUT2D eigenvalue weighted by Crippen LogP contribution is 2.39. The predicted octanol–water partition coefficient (Wildman–Crippen LogP) is 4.82. The van der Waals surface area contributed by atoms with Crippen molar-refractivity contribution >= 4 is 39.8 Å². The molecule has 0 aliphatic carbocycles. The molecule has 1 N–H and O–H groups in total. The molecule has 1 heterocycles. The van der Waals surface area contributed by atoms with Gasteiger partial charge in [0, 0.05) is 19.8 Å². The molecule has 1 atom stereocenters. The number of thioether (sulfide) groups is 1. The lowest BCUT2D eigenvalue weighted by Crippen LogP contribution is -2.26. The Labute approximate surface area is 167 Å². The van der Waals surface area contributed by atoms with Crippen molar-refractivity contribution in [1.82, 2.24) is 15.1 Å². The van der Waals surface area contributed by atoms with Gasteiger partial charge in [-0.1, -0.05) is 59.5 Å². The number of hydrogen-bond acceptors (Lipinski definition) is 6. The molecule has 0 saturated heterocycles. The van der Waals surface area contributed by atoms with E-state index in [1.54, 1.807) is 19.0 Å². The van der Waals surface area contributed by atoms with E-state index in [9.17, 15) is 4.79 Å². The molecule has 0 saturated carbocycles. The van der Waals surface area contributed by atoms with Crippen molar-refractivity contribution in [2.45, 2.75) is 23.4 Å². The average Bonchev–Trinajstić information content (AvgIpc) is 3.10. The van der Waals surface area contributed by atoms with Gasteiger partial charge in [0.05, 0.1) is 0 Å². The molecule has 5 nitrogen and oxygen atoms in total. The van der Waals surface area contributed by atoms with Gasteiger partial charge in [0.15, 0.2) is 4.34 Å². The lowest BCUT2D eigenvalue weighted by Gasteiger charge is -2.19. The molecule has 2 aromatic carbocycles. The first-order valence-electron chi connectivity index (χ1n) is 8.54. The van der Waals surface area contributed by atoms with Gasteiger partial charge in [-0.2, -0.15) is 0 Å². The Balaban J connectivity index is 1.77. The first kappa shape index (κ1) is 19.4. The van der Waals surface area contributed by atoms with Gasteiger partial charge in [-0.3, -0.25) is 4.79 Å². The van der Waals surface area contributed by atoms with Crippen LogP contribution < -0.4 is 5.32 Å². The Morgan fingerprint density at radius 3 is 2.48 bits per heavy atom. The van der Waals surface area contributed by atoms with Crippen molar-refractivity contribution < 1.29 is 4.79 Å². The molecule has 0 bridgehead atoms. The molecule has 0 radical (unpaired) electrons. The van der Waals surface area contributed by atoms with Crippen molar-refractivity contribution in [1.29, 1.82) is 0 Å². The highest BCUT2D eigenvalue weighted by molar-refractivity contribution is 8.01. The van der Waals surface area contributed by atoms with E-state index >= 15 is 0 Å². The van der Waals surface area contributed by atoms with E-state index in [0.29, 0.717) is 5.13 Å². The van der Waals surface area contributed by atoms with Crippen LogP contribution >= 0.6 is 23.1 Å². The van der Waals surface area contributed by atoms with Gasteiger partial charge < -0.3 is 10.2 Å². The average molecular weight is 399 g/mol. The number of carbonyl (C=O) groups is 1. The highest BCUT2D eigenvalue weighted by Gasteiger charge is 2.25. The van der Waals surface area contributed by atoms with Gasteiger partial charge in [0.25, 0.3) is 0 Å². The summed E-state index contributed by atoms with van der Waals surface area (Å²) in [6.07, 6.45) is 0. The quantitative estimate of drug-likeness (QED) is 0.603. The monoisotopic (exact) mass is 398 g/mol. The number of benzene rings is 2. The summed E-state index contributed by atoms with van der Waals surface area (Å²) in [5.41, 5.74) is 4.41. The van der Waals surface area contributed by atoms with E-state index in [1.807, 2.05) is 36.4 Å². The fraction of sp³-hybridized carbons (Fsp3) is 0.250. The molecule has 1 aromatic heterocycles. The van der Waals surface area contributed by atoms with Gasteiger partial charge in [0.2, 0.25) is 11.0 Å². The van der Waals surface area contributed by atoms with Crippen molar-refractivity contribution in [3.05, 3.63) is 65.2 Å². The van der Waals surface area contributed by atoms with Crippen LogP contribution in [-0.4, -0.2) is 35.1 Å². The number of aromatic nitrogens is 2. The number of nitrogens with zero attached hydrogens (tertiary/aromatic N) is 3. The van der Waals surface area contributed by atoms with Gasteiger partial charge in [-0.05, 0) is 42.7 Å². The summed E-state index contributed by atoms with van der Waals surface area (Å²) in [6.45, 7) is 4.17. The van der Waals surface area contributed by atoms with Crippen LogP contribution in [0.2, 0.25) is 0 Å². The van der Waals surface area contributed by atoms with E-state index in [0.717, 1.165) is 15.6 Å². The maximum atomic E-state index is 12.7. The second kappa shape index (κ2) is 8.54. The van der Waals surface area contributed by atoms with Crippen LogP contribution in [0.3, 0.4) is 0 Å². The first-order valence-corrected chi connectivity index (χ1v) is 10.2. The maximum Gasteiger partial charge on any atom is 0.240 e. The summed E-state index contributed by atoms with van der Waals surface area (Å²) in [5.74, 6) is 0.0325. The zero-order chi connectivity index (χ0) is 19.4. The van der Waals surface area contributed by atoms with E-state index in [1.165, 1.54) is 34.2 Å². The van der Waals surface area contributed by atoms with Crippen LogP contribution in [0.5, 0.6) is 0 Å². The van der Waals surface area contributed by atoms with E-state index in [2.05, 4.69) is 41.5 Å². The number of anilines is 2. The fourth-order valence-electron chi connectivity index (χ4n) is 2.47. The molecule has 0 aliphatic rings. The molecule has 1 amide bonds. The third-order valence-corrected chi connectivity index (χ3v) is 6.32. The van der Waals surface area contributed by atoms with Gasteiger partial charge in [0.1, 0.15) is 5.25 Å². The minimum atomic E-state index is -0.344. The Hall–Kier alpha value is -2.38. The number of rotatable bonds is 6. The summed E-state index contributed by atoms with van der Waals surface area (Å²) in [6, 6.07) is 16.0. The molecule has 0 unspecified atom stereocenters. The number of nitrogens with one attached hydrogen (secondary N) is 1. The maximum absolute atomic E-state index is 12.7. The summed E-state index contributed by atoms with van der Waals surface area (Å²) >= 11 is 2.88. The van der Waals surface area contributed by atoms with Crippen LogP contribution in [0.25, 0.3) is 0 Å². The van der Waals surface area contributed by atoms with E-state index < -0.39 is 0 Å². The van der Waals surface area contributed by atoms with Crippen molar-refractivity contribution in [3.8, 4) is 0 Å². The summed E-state index contributed by atoms with van der Waals surface area (Å²) in [5, 5.41) is 12.1. The number of carbonyl (C=O) groups excluding carboxylic acids is 1. The van der Waals surface area contributed by atoms with E-state index in [4.69, 9.17) is 0 Å². The third kappa shape index (κ3) is 4.87. The summed E-state index contributed by atoms with van der Waals surface area (Å²) in [7, 11) is 3.54. The Morgan fingerprint density at radius 1 is 1.07 bits per heavy atom. The molecule has 0 spiro atoms. The molecule has 3 aromatic rings. The Bertz CT molecular complexity index is 925. The largest absolute Gasteiger partial charge is 0.348 e. The molecule has 0 aliphatic heterocycles. The number of amides is 1. The van der Waals surface area contributed by atoms with Crippen molar-refractivity contribution in [2.75, 3.05) is 19.4 Å². The minimum absolute atomic E-state index is 0.0325. The van der Waals surface area contributed by atoms with Crippen LogP contribution in [-0.2, 0) is 4.79 Å². The Kier molecular flexibility index (Phi) is 6.13. The second-order valence-corrected chi connectivity index (χ2v) is 8.77. The molecular formula is C20H22N4OS2. The van der Waals surface area contributed by atoms with E-state index in [-0.39, 0.29) is 11.2 Å². The zero-order valence-electron chi connectivity index (χ0n) is 15.8. The molecule has 140 valence electrons. The minimum Gasteiger partial charge on any atom is -0.348 e. The lowest BCUT2D eigenvalue weighted by atomic mass is 10.1.